The molecular formula is C10H8F4O2. The average Bonchev–Trinajstić information content (AvgIpc) is 2.15. The first-order chi connectivity index (χ1) is 7.18. The average molecular weight is 236 g/mol. The van der Waals surface area contributed by atoms with E-state index in [4.69, 9.17) is 0 Å². The second-order valence-corrected chi connectivity index (χ2v) is 3.46. The predicted octanol–water partition coefficient (Wildman–Crippen LogP) is 2.25. The van der Waals surface area contributed by atoms with E-state index in [0.29, 0.717) is 12.1 Å². The summed E-state index contributed by atoms with van der Waals surface area (Å²) in [6.45, 7) is 1.06. The van der Waals surface area contributed by atoms with Gasteiger partial charge in [-0.3, -0.25) is 4.79 Å². The zero-order valence-corrected chi connectivity index (χ0v) is 8.18. The number of aldehydes is 1. The highest BCUT2D eigenvalue weighted by molar-refractivity contribution is 5.65. The number of halogens is 4. The molecule has 0 aromatic heterocycles. The van der Waals surface area contributed by atoms with Crippen LogP contribution in [0.25, 0.3) is 0 Å². The van der Waals surface area contributed by atoms with E-state index < -0.39 is 23.2 Å². The van der Waals surface area contributed by atoms with Crippen LogP contribution < -0.4 is 0 Å². The Kier molecular flexibility index (Phi) is 3.05. The highest BCUT2D eigenvalue weighted by atomic mass is 19.4. The Labute approximate surface area is 88.5 Å². The summed E-state index contributed by atoms with van der Waals surface area (Å²) in [4.78, 5) is 10.4. The quantitative estimate of drug-likeness (QED) is 0.631. The van der Waals surface area contributed by atoms with Gasteiger partial charge < -0.3 is 5.11 Å². The van der Waals surface area contributed by atoms with Crippen LogP contribution in [0.3, 0.4) is 0 Å². The third kappa shape index (κ3) is 2.38. The van der Waals surface area contributed by atoms with Crippen molar-refractivity contribution < 1.29 is 27.5 Å². The molecule has 1 atom stereocenters. The van der Waals surface area contributed by atoms with E-state index in [1.54, 1.807) is 0 Å². The molecule has 1 aromatic rings. The van der Waals surface area contributed by atoms with Crippen molar-refractivity contribution in [2.75, 3.05) is 0 Å². The maximum absolute atomic E-state index is 13.1. The van der Waals surface area contributed by atoms with Crippen molar-refractivity contribution in [2.24, 2.45) is 0 Å². The highest BCUT2D eigenvalue weighted by Crippen LogP contribution is 2.32. The van der Waals surface area contributed by atoms with Gasteiger partial charge in [0, 0.05) is 0 Å². The number of benzene rings is 1. The molecule has 1 aromatic carbocycles. The number of carbonyl (C=O) groups is 1. The van der Waals surface area contributed by atoms with Gasteiger partial charge in [0.15, 0.2) is 6.29 Å². The second kappa shape index (κ2) is 3.86. The molecule has 0 spiro atoms. The van der Waals surface area contributed by atoms with Crippen LogP contribution in [-0.4, -0.2) is 11.4 Å². The molecular weight excluding hydrogens is 228 g/mol. The van der Waals surface area contributed by atoms with Gasteiger partial charge in [-0.05, 0) is 24.6 Å². The summed E-state index contributed by atoms with van der Waals surface area (Å²) in [5.41, 5.74) is -3.66. The number of rotatable bonds is 2. The lowest BCUT2D eigenvalue weighted by atomic mass is 9.96. The van der Waals surface area contributed by atoms with E-state index in [1.165, 1.54) is 0 Å². The van der Waals surface area contributed by atoms with Gasteiger partial charge >= 0.3 is 6.18 Å². The Morgan fingerprint density at radius 1 is 1.31 bits per heavy atom. The summed E-state index contributed by atoms with van der Waals surface area (Å²) in [6.07, 6.45) is -4.68. The fraction of sp³-hybridized carbons (Fsp3) is 0.300. The van der Waals surface area contributed by atoms with Crippen LogP contribution in [0, 0.1) is 5.82 Å². The van der Waals surface area contributed by atoms with Crippen LogP contribution >= 0.6 is 0 Å². The van der Waals surface area contributed by atoms with Crippen LogP contribution in [0.4, 0.5) is 17.6 Å². The third-order valence-electron chi connectivity index (χ3n) is 2.09. The number of alkyl halides is 3. The minimum atomic E-state index is -4.80. The minimum Gasteiger partial charge on any atom is -0.378 e. The Morgan fingerprint density at radius 2 is 1.88 bits per heavy atom. The van der Waals surface area contributed by atoms with Crippen LogP contribution in [0.1, 0.15) is 18.1 Å². The van der Waals surface area contributed by atoms with Gasteiger partial charge in [-0.15, -0.1) is 0 Å². The first kappa shape index (κ1) is 12.6. The fourth-order valence-corrected chi connectivity index (χ4v) is 1.13. The van der Waals surface area contributed by atoms with Crippen LogP contribution in [0.2, 0.25) is 0 Å². The molecule has 0 bridgehead atoms. The van der Waals surface area contributed by atoms with E-state index >= 15 is 0 Å². The molecule has 16 heavy (non-hydrogen) atoms. The van der Waals surface area contributed by atoms with Crippen molar-refractivity contribution in [1.29, 1.82) is 0 Å². The largest absolute Gasteiger partial charge is 0.419 e. The maximum atomic E-state index is 13.1. The molecule has 0 aliphatic rings. The molecule has 0 aliphatic carbocycles. The van der Waals surface area contributed by atoms with Crippen molar-refractivity contribution in [1.82, 2.24) is 0 Å². The van der Waals surface area contributed by atoms with Gasteiger partial charge in [-0.2, -0.15) is 13.2 Å². The third-order valence-corrected chi connectivity index (χ3v) is 2.09. The van der Waals surface area contributed by atoms with Gasteiger partial charge in [0.2, 0.25) is 0 Å². The van der Waals surface area contributed by atoms with Crippen LogP contribution in [-0.2, 0) is 16.6 Å². The normalized spacial score (nSPS) is 15.6. The van der Waals surface area contributed by atoms with Gasteiger partial charge in [-0.1, -0.05) is 6.07 Å². The number of aliphatic hydroxyl groups is 1. The molecule has 2 nitrogen and oxygen atoms in total. The first-order valence-electron chi connectivity index (χ1n) is 4.24. The number of hydrogen-bond acceptors (Lipinski definition) is 2. The van der Waals surface area contributed by atoms with Crippen molar-refractivity contribution in [3.63, 3.8) is 0 Å². The molecule has 1 N–H and O–H groups in total. The molecule has 0 radical (unpaired) electrons. The maximum Gasteiger partial charge on any atom is 0.419 e. The fourth-order valence-electron chi connectivity index (χ4n) is 1.13. The summed E-state index contributed by atoms with van der Waals surface area (Å²) in [5, 5.41) is 9.40. The molecule has 0 amide bonds. The van der Waals surface area contributed by atoms with Crippen molar-refractivity contribution in [2.45, 2.75) is 18.7 Å². The number of carbonyl (C=O) groups excluding carboxylic acids is 1. The monoisotopic (exact) mass is 236 g/mol. The van der Waals surface area contributed by atoms with Gasteiger partial charge in [0.05, 0.1) is 5.56 Å². The summed E-state index contributed by atoms with van der Waals surface area (Å²) in [5.74, 6) is -1.52. The lowest BCUT2D eigenvalue weighted by molar-refractivity contribution is -0.140. The summed E-state index contributed by atoms with van der Waals surface area (Å²) in [6, 6.07) is 1.85. The molecule has 88 valence electrons. The summed E-state index contributed by atoms with van der Waals surface area (Å²) in [7, 11) is 0. The Balaban J connectivity index is 3.25. The zero-order chi connectivity index (χ0) is 12.6. The smallest absolute Gasteiger partial charge is 0.378 e. The van der Waals surface area contributed by atoms with Crippen LogP contribution in [0.15, 0.2) is 18.2 Å². The van der Waals surface area contributed by atoms with Crippen LogP contribution in [0.5, 0.6) is 0 Å². The standard InChI is InChI=1S/C10H8F4O2/c1-9(16,5-15)6-2-3-7(8(11)4-6)10(12,13)14/h2-5,16H,1H3. The molecule has 0 aliphatic heterocycles. The lowest BCUT2D eigenvalue weighted by Gasteiger charge is -2.17. The van der Waals surface area contributed by atoms with E-state index in [-0.39, 0.29) is 11.8 Å². The molecule has 0 heterocycles. The highest BCUT2D eigenvalue weighted by Gasteiger charge is 2.35. The Morgan fingerprint density at radius 3 is 2.25 bits per heavy atom. The van der Waals surface area contributed by atoms with Crippen molar-refractivity contribution in [3.8, 4) is 0 Å². The van der Waals surface area contributed by atoms with Crippen molar-refractivity contribution in [3.05, 3.63) is 35.1 Å². The molecule has 6 heteroatoms. The minimum absolute atomic E-state index is 0.120. The number of hydrogen-bond donors (Lipinski definition) is 1. The van der Waals surface area contributed by atoms with Crippen molar-refractivity contribution >= 4 is 6.29 Å². The molecule has 0 saturated carbocycles. The SMILES string of the molecule is CC(O)(C=O)c1ccc(C(F)(F)F)c(F)c1. The molecule has 0 fully saturated rings. The molecule has 1 rings (SSSR count). The van der Waals surface area contributed by atoms with Gasteiger partial charge in [-0.25, -0.2) is 4.39 Å². The van der Waals surface area contributed by atoms with Gasteiger partial charge in [0.25, 0.3) is 0 Å². The van der Waals surface area contributed by atoms with Gasteiger partial charge in [0.1, 0.15) is 11.4 Å². The lowest BCUT2D eigenvalue weighted by Crippen LogP contribution is -2.23. The summed E-state index contributed by atoms with van der Waals surface area (Å²) >= 11 is 0. The van der Waals surface area contributed by atoms with E-state index in [2.05, 4.69) is 0 Å². The molecule has 0 saturated heterocycles. The second-order valence-electron chi connectivity index (χ2n) is 3.46. The Hall–Kier alpha value is -1.43. The van der Waals surface area contributed by atoms with E-state index in [9.17, 15) is 27.5 Å². The first-order valence-corrected chi connectivity index (χ1v) is 4.24. The topological polar surface area (TPSA) is 37.3 Å². The predicted molar refractivity (Wildman–Crippen MR) is 47.0 cm³/mol. The zero-order valence-electron chi connectivity index (χ0n) is 8.18. The molecule has 1 unspecified atom stereocenters. The van der Waals surface area contributed by atoms with E-state index in [1.807, 2.05) is 0 Å². The summed E-state index contributed by atoms with van der Waals surface area (Å²) < 4.78 is 49.6. The Bertz CT molecular complexity index is 410. The van der Waals surface area contributed by atoms with E-state index in [0.717, 1.165) is 13.0 Å².